The molecule has 0 spiro atoms. The summed E-state index contributed by atoms with van der Waals surface area (Å²) in [5.74, 6) is -0.0924. The smallest absolute Gasteiger partial charge is 0.264 e. The number of nitrogens with zero attached hydrogens (tertiary/aromatic N) is 1. The highest BCUT2D eigenvalue weighted by molar-refractivity contribution is 5.96. The summed E-state index contributed by atoms with van der Waals surface area (Å²) in [7, 11) is 0. The van der Waals surface area contributed by atoms with Crippen molar-refractivity contribution < 1.29 is 4.79 Å². The summed E-state index contributed by atoms with van der Waals surface area (Å²) >= 11 is 0. The van der Waals surface area contributed by atoms with E-state index >= 15 is 0 Å². The molecule has 0 aliphatic heterocycles. The van der Waals surface area contributed by atoms with Crippen molar-refractivity contribution in [3.8, 4) is 0 Å². The molecule has 6 heteroatoms. The van der Waals surface area contributed by atoms with Crippen molar-refractivity contribution in [1.29, 1.82) is 0 Å². The van der Waals surface area contributed by atoms with Crippen LogP contribution in [0.4, 0.5) is 5.82 Å². The molecule has 1 heterocycles. The van der Waals surface area contributed by atoms with Crippen LogP contribution in [-0.4, -0.2) is 21.6 Å². The number of aromatic nitrogens is 2. The van der Waals surface area contributed by atoms with Crippen LogP contribution in [0.3, 0.4) is 0 Å². The summed E-state index contributed by atoms with van der Waals surface area (Å²) in [6.45, 7) is 3.15. The average molecular weight is 196 g/mol. The van der Waals surface area contributed by atoms with E-state index in [-0.39, 0.29) is 17.3 Å². The first-order chi connectivity index (χ1) is 6.39. The maximum absolute atomic E-state index is 11.4. The third kappa shape index (κ3) is 2.67. The van der Waals surface area contributed by atoms with Gasteiger partial charge in [-0.2, -0.15) is 5.10 Å². The van der Waals surface area contributed by atoms with E-state index in [1.165, 1.54) is 12.1 Å². The Morgan fingerprint density at radius 1 is 1.57 bits per heavy atom. The number of hydrogen-bond donors (Lipinski definition) is 3. The molecule has 0 bridgehead atoms. The van der Waals surface area contributed by atoms with Crippen molar-refractivity contribution in [3.05, 3.63) is 22.5 Å². The van der Waals surface area contributed by atoms with E-state index in [9.17, 15) is 9.59 Å². The first-order valence-electron chi connectivity index (χ1n) is 4.05. The highest BCUT2D eigenvalue weighted by Gasteiger charge is 2.21. The summed E-state index contributed by atoms with van der Waals surface area (Å²) in [6.07, 6.45) is 0. The molecule has 0 radical (unpaired) electrons. The van der Waals surface area contributed by atoms with Gasteiger partial charge >= 0.3 is 0 Å². The van der Waals surface area contributed by atoms with Gasteiger partial charge in [0, 0.05) is 6.07 Å². The second-order valence-corrected chi connectivity index (χ2v) is 3.48. The molecule has 76 valence electrons. The first kappa shape index (κ1) is 10.4. The minimum Gasteiger partial charge on any atom is -0.318 e. The predicted octanol–water partition coefficient (Wildman–Crippen LogP) is -0.554. The molecular weight excluding hydrogens is 184 g/mol. The van der Waals surface area contributed by atoms with Crippen LogP contribution in [-0.2, 0) is 4.79 Å². The lowest BCUT2D eigenvalue weighted by atomic mass is 10.1. The van der Waals surface area contributed by atoms with Gasteiger partial charge in [-0.25, -0.2) is 5.10 Å². The van der Waals surface area contributed by atoms with Crippen molar-refractivity contribution in [1.82, 2.24) is 10.2 Å². The molecule has 0 atom stereocenters. The Labute approximate surface area is 80.5 Å². The van der Waals surface area contributed by atoms with Crippen LogP contribution in [0.1, 0.15) is 13.8 Å². The van der Waals surface area contributed by atoms with E-state index in [1.807, 2.05) is 0 Å². The Morgan fingerprint density at radius 3 is 2.64 bits per heavy atom. The number of anilines is 1. The average Bonchev–Trinajstić information content (AvgIpc) is 2.07. The van der Waals surface area contributed by atoms with Gasteiger partial charge in [-0.15, -0.1) is 0 Å². The second-order valence-electron chi connectivity index (χ2n) is 3.48. The van der Waals surface area contributed by atoms with E-state index in [0.29, 0.717) is 0 Å². The number of rotatable bonds is 2. The quantitative estimate of drug-likeness (QED) is 0.590. The number of carbonyl (C=O) groups excluding carboxylic acids is 1. The molecule has 0 fully saturated rings. The minimum absolute atomic E-state index is 0.271. The number of carbonyl (C=O) groups is 1. The summed E-state index contributed by atoms with van der Waals surface area (Å²) < 4.78 is 0. The third-order valence-electron chi connectivity index (χ3n) is 1.51. The zero-order valence-corrected chi connectivity index (χ0v) is 8.00. The van der Waals surface area contributed by atoms with Crippen LogP contribution in [0.2, 0.25) is 0 Å². The molecule has 1 aromatic heterocycles. The van der Waals surface area contributed by atoms with Gasteiger partial charge < -0.3 is 11.1 Å². The maximum Gasteiger partial charge on any atom is 0.264 e. The fraction of sp³-hybridized carbons (Fsp3) is 0.375. The van der Waals surface area contributed by atoms with Gasteiger partial charge in [0.2, 0.25) is 5.91 Å². The number of H-pyrrole nitrogens is 1. The molecule has 6 nitrogen and oxygen atoms in total. The van der Waals surface area contributed by atoms with Gasteiger partial charge in [-0.05, 0) is 19.9 Å². The molecule has 0 aliphatic carbocycles. The molecule has 0 aromatic carbocycles. The third-order valence-corrected chi connectivity index (χ3v) is 1.51. The standard InChI is InChI=1S/C8H12N4O2/c1-8(2,9)7(14)10-5-3-4-6(13)12-11-5/h3-4H,9H2,1-2H3,(H,12,13)(H,10,11,14). The van der Waals surface area contributed by atoms with E-state index in [2.05, 4.69) is 15.5 Å². The van der Waals surface area contributed by atoms with Gasteiger partial charge in [0.05, 0.1) is 5.54 Å². The molecule has 1 amide bonds. The molecule has 0 aliphatic rings. The Kier molecular flexibility index (Phi) is 2.66. The maximum atomic E-state index is 11.4. The fourth-order valence-electron chi connectivity index (χ4n) is 0.692. The Balaban J connectivity index is 2.75. The minimum atomic E-state index is -0.974. The number of nitrogens with two attached hydrogens (primary N) is 1. The van der Waals surface area contributed by atoms with E-state index < -0.39 is 5.54 Å². The monoisotopic (exact) mass is 196 g/mol. The number of nitrogens with one attached hydrogen (secondary N) is 2. The normalized spacial score (nSPS) is 11.1. The molecule has 1 aromatic rings. The zero-order chi connectivity index (χ0) is 10.8. The van der Waals surface area contributed by atoms with Gasteiger partial charge in [-0.3, -0.25) is 9.59 Å². The largest absolute Gasteiger partial charge is 0.318 e. The number of aromatic amines is 1. The van der Waals surface area contributed by atoms with Gasteiger partial charge in [-0.1, -0.05) is 0 Å². The molecular formula is C8H12N4O2. The van der Waals surface area contributed by atoms with E-state index in [0.717, 1.165) is 0 Å². The second kappa shape index (κ2) is 3.59. The van der Waals surface area contributed by atoms with Crippen molar-refractivity contribution in [2.24, 2.45) is 5.73 Å². The van der Waals surface area contributed by atoms with Crippen molar-refractivity contribution in [2.45, 2.75) is 19.4 Å². The molecule has 1 rings (SSSR count). The van der Waals surface area contributed by atoms with Crippen molar-refractivity contribution in [3.63, 3.8) is 0 Å². The molecule has 0 saturated heterocycles. The molecule has 14 heavy (non-hydrogen) atoms. The van der Waals surface area contributed by atoms with Gasteiger partial charge in [0.1, 0.15) is 0 Å². The van der Waals surface area contributed by atoms with Crippen LogP contribution < -0.4 is 16.6 Å². The lowest BCUT2D eigenvalue weighted by Crippen LogP contribution is -2.45. The highest BCUT2D eigenvalue weighted by Crippen LogP contribution is 2.02. The first-order valence-corrected chi connectivity index (χ1v) is 4.05. The van der Waals surface area contributed by atoms with Gasteiger partial charge in [0.15, 0.2) is 5.82 Å². The van der Waals surface area contributed by atoms with Crippen LogP contribution in [0.15, 0.2) is 16.9 Å². The number of amides is 1. The van der Waals surface area contributed by atoms with Crippen LogP contribution in [0.25, 0.3) is 0 Å². The predicted molar refractivity (Wildman–Crippen MR) is 51.8 cm³/mol. The van der Waals surface area contributed by atoms with Crippen molar-refractivity contribution >= 4 is 11.7 Å². The number of hydrogen-bond acceptors (Lipinski definition) is 4. The summed E-state index contributed by atoms with van der Waals surface area (Å²) in [4.78, 5) is 22.0. The summed E-state index contributed by atoms with van der Waals surface area (Å²) in [5.41, 5.74) is 4.25. The van der Waals surface area contributed by atoms with Crippen LogP contribution >= 0.6 is 0 Å². The summed E-state index contributed by atoms with van der Waals surface area (Å²) in [6, 6.07) is 2.68. The lowest BCUT2D eigenvalue weighted by molar-refractivity contribution is -0.120. The lowest BCUT2D eigenvalue weighted by Gasteiger charge is -2.16. The fourth-order valence-corrected chi connectivity index (χ4v) is 0.692. The topological polar surface area (TPSA) is 101 Å². The Hall–Kier alpha value is -1.69. The van der Waals surface area contributed by atoms with Crippen molar-refractivity contribution in [2.75, 3.05) is 5.32 Å². The van der Waals surface area contributed by atoms with Crippen LogP contribution in [0, 0.1) is 0 Å². The Bertz CT molecular complexity index is 371. The van der Waals surface area contributed by atoms with Gasteiger partial charge in [0.25, 0.3) is 5.56 Å². The summed E-state index contributed by atoms with van der Waals surface area (Å²) in [5, 5.41) is 8.27. The highest BCUT2D eigenvalue weighted by atomic mass is 16.2. The van der Waals surface area contributed by atoms with Crippen LogP contribution in [0.5, 0.6) is 0 Å². The molecule has 0 unspecified atom stereocenters. The SMILES string of the molecule is CC(C)(N)C(=O)Nc1ccc(=O)[nH]n1. The molecule has 0 saturated carbocycles. The Morgan fingerprint density at radius 2 is 2.21 bits per heavy atom. The van der Waals surface area contributed by atoms with E-state index in [4.69, 9.17) is 5.73 Å². The molecule has 4 N–H and O–H groups in total. The zero-order valence-electron chi connectivity index (χ0n) is 8.00. The van der Waals surface area contributed by atoms with E-state index in [1.54, 1.807) is 13.8 Å².